The molecule has 0 radical (unpaired) electrons. The standard InChI is InChI=1S/C11H21N3O2/c1-13-3-2-9(7-13)11(15)14-4-5-16-8-10(14)6-12/h9-10H,2-8,12H2,1H3. The van der Waals surface area contributed by atoms with Gasteiger partial charge in [0, 0.05) is 19.6 Å². The van der Waals surface area contributed by atoms with E-state index in [1.165, 1.54) is 0 Å². The second-order valence-electron chi connectivity index (χ2n) is 4.74. The minimum atomic E-state index is 0.0761. The van der Waals surface area contributed by atoms with E-state index in [1.807, 2.05) is 4.90 Å². The third-order valence-electron chi connectivity index (χ3n) is 3.52. The summed E-state index contributed by atoms with van der Waals surface area (Å²) in [7, 11) is 2.06. The average molecular weight is 227 g/mol. The van der Waals surface area contributed by atoms with Crippen molar-refractivity contribution in [1.29, 1.82) is 0 Å². The maximum atomic E-state index is 12.3. The SMILES string of the molecule is CN1CCC(C(=O)N2CCOCC2CN)C1. The molecule has 2 rings (SSSR count). The maximum absolute atomic E-state index is 12.3. The van der Waals surface area contributed by atoms with E-state index in [-0.39, 0.29) is 17.9 Å². The number of rotatable bonds is 2. The van der Waals surface area contributed by atoms with Crippen molar-refractivity contribution in [1.82, 2.24) is 9.80 Å². The van der Waals surface area contributed by atoms with Crippen LogP contribution in [0.3, 0.4) is 0 Å². The molecule has 0 spiro atoms. The lowest BCUT2D eigenvalue weighted by Crippen LogP contribution is -2.54. The minimum absolute atomic E-state index is 0.0761. The van der Waals surface area contributed by atoms with Crippen LogP contribution in [0.1, 0.15) is 6.42 Å². The van der Waals surface area contributed by atoms with E-state index in [0.29, 0.717) is 26.3 Å². The van der Waals surface area contributed by atoms with Gasteiger partial charge in [-0.1, -0.05) is 0 Å². The fourth-order valence-corrected chi connectivity index (χ4v) is 2.51. The molecule has 0 aliphatic carbocycles. The number of nitrogens with zero attached hydrogens (tertiary/aromatic N) is 2. The summed E-state index contributed by atoms with van der Waals surface area (Å²) in [6, 6.07) is 0.0761. The summed E-state index contributed by atoms with van der Waals surface area (Å²) in [5, 5.41) is 0. The highest BCUT2D eigenvalue weighted by Crippen LogP contribution is 2.19. The third-order valence-corrected chi connectivity index (χ3v) is 3.52. The summed E-state index contributed by atoms with van der Waals surface area (Å²) >= 11 is 0. The van der Waals surface area contributed by atoms with Gasteiger partial charge in [-0.3, -0.25) is 4.79 Å². The largest absolute Gasteiger partial charge is 0.377 e. The van der Waals surface area contributed by atoms with Crippen LogP contribution in [-0.2, 0) is 9.53 Å². The van der Waals surface area contributed by atoms with Crippen LogP contribution in [0.15, 0.2) is 0 Å². The molecule has 0 aromatic heterocycles. The van der Waals surface area contributed by atoms with Crippen LogP contribution < -0.4 is 5.73 Å². The van der Waals surface area contributed by atoms with Crippen LogP contribution >= 0.6 is 0 Å². The number of hydrogen-bond donors (Lipinski definition) is 1. The first kappa shape index (κ1) is 11.8. The van der Waals surface area contributed by atoms with E-state index >= 15 is 0 Å². The Morgan fingerprint density at radius 1 is 1.50 bits per heavy atom. The number of ether oxygens (including phenoxy) is 1. The van der Waals surface area contributed by atoms with E-state index in [9.17, 15) is 4.79 Å². The van der Waals surface area contributed by atoms with Crippen LogP contribution in [0.4, 0.5) is 0 Å². The Kier molecular flexibility index (Phi) is 3.78. The zero-order valence-corrected chi connectivity index (χ0v) is 9.89. The van der Waals surface area contributed by atoms with Gasteiger partial charge in [0.2, 0.25) is 5.91 Å². The summed E-state index contributed by atoms with van der Waals surface area (Å²) < 4.78 is 5.35. The zero-order chi connectivity index (χ0) is 11.5. The van der Waals surface area contributed by atoms with Crippen molar-refractivity contribution in [2.24, 2.45) is 11.7 Å². The molecular formula is C11H21N3O2. The van der Waals surface area contributed by atoms with Gasteiger partial charge in [0.15, 0.2) is 0 Å². The number of amides is 1. The Labute approximate surface area is 96.5 Å². The zero-order valence-electron chi connectivity index (χ0n) is 9.89. The van der Waals surface area contributed by atoms with Crippen molar-refractivity contribution < 1.29 is 9.53 Å². The van der Waals surface area contributed by atoms with Gasteiger partial charge in [-0.15, -0.1) is 0 Å². The molecule has 2 atom stereocenters. The van der Waals surface area contributed by atoms with Crippen LogP contribution in [0.25, 0.3) is 0 Å². The second kappa shape index (κ2) is 5.12. The lowest BCUT2D eigenvalue weighted by Gasteiger charge is -2.36. The first-order valence-corrected chi connectivity index (χ1v) is 5.99. The van der Waals surface area contributed by atoms with Gasteiger partial charge in [-0.25, -0.2) is 0 Å². The number of hydrogen-bond acceptors (Lipinski definition) is 4. The van der Waals surface area contributed by atoms with Crippen molar-refractivity contribution >= 4 is 5.91 Å². The molecule has 2 heterocycles. The molecule has 0 aromatic carbocycles. The fourth-order valence-electron chi connectivity index (χ4n) is 2.51. The molecule has 2 fully saturated rings. The summed E-state index contributed by atoms with van der Waals surface area (Å²) in [4.78, 5) is 16.4. The molecule has 2 aliphatic rings. The predicted molar refractivity (Wildman–Crippen MR) is 61.0 cm³/mol. The Bertz CT molecular complexity index is 260. The van der Waals surface area contributed by atoms with Crippen molar-refractivity contribution in [2.75, 3.05) is 46.4 Å². The van der Waals surface area contributed by atoms with Crippen LogP contribution in [-0.4, -0.2) is 68.2 Å². The number of carbonyl (C=O) groups excluding carboxylic acids is 1. The molecule has 92 valence electrons. The van der Waals surface area contributed by atoms with Gasteiger partial charge in [-0.2, -0.15) is 0 Å². The molecule has 2 aliphatic heterocycles. The molecule has 0 bridgehead atoms. The van der Waals surface area contributed by atoms with E-state index in [0.717, 1.165) is 19.5 Å². The molecule has 5 heteroatoms. The Hall–Kier alpha value is -0.650. The Morgan fingerprint density at radius 2 is 2.31 bits per heavy atom. The fraction of sp³-hybridized carbons (Fsp3) is 0.909. The Morgan fingerprint density at radius 3 is 2.94 bits per heavy atom. The van der Waals surface area contributed by atoms with Gasteiger partial charge < -0.3 is 20.3 Å². The number of carbonyl (C=O) groups is 1. The minimum Gasteiger partial charge on any atom is -0.377 e. The summed E-state index contributed by atoms with van der Waals surface area (Å²) in [6.07, 6.45) is 0.976. The molecule has 2 unspecified atom stereocenters. The van der Waals surface area contributed by atoms with Gasteiger partial charge >= 0.3 is 0 Å². The predicted octanol–water partition coefficient (Wildman–Crippen LogP) is -0.876. The lowest BCUT2D eigenvalue weighted by molar-refractivity contribution is -0.143. The third kappa shape index (κ3) is 2.36. The molecule has 0 saturated carbocycles. The van der Waals surface area contributed by atoms with E-state index in [1.54, 1.807) is 0 Å². The average Bonchev–Trinajstić information content (AvgIpc) is 2.75. The number of nitrogens with two attached hydrogens (primary N) is 1. The molecule has 2 N–H and O–H groups in total. The van der Waals surface area contributed by atoms with E-state index in [2.05, 4.69) is 11.9 Å². The van der Waals surface area contributed by atoms with Crippen LogP contribution in [0.5, 0.6) is 0 Å². The van der Waals surface area contributed by atoms with Crippen molar-refractivity contribution in [3.8, 4) is 0 Å². The summed E-state index contributed by atoms with van der Waals surface area (Å²) in [5.41, 5.74) is 5.67. The van der Waals surface area contributed by atoms with Crippen LogP contribution in [0.2, 0.25) is 0 Å². The molecule has 1 amide bonds. The Balaban J connectivity index is 1.96. The van der Waals surface area contributed by atoms with E-state index < -0.39 is 0 Å². The highest BCUT2D eigenvalue weighted by atomic mass is 16.5. The smallest absolute Gasteiger partial charge is 0.227 e. The lowest BCUT2D eigenvalue weighted by atomic mass is 10.1. The topological polar surface area (TPSA) is 58.8 Å². The monoisotopic (exact) mass is 227 g/mol. The van der Waals surface area contributed by atoms with Gasteiger partial charge in [-0.05, 0) is 20.0 Å². The van der Waals surface area contributed by atoms with Gasteiger partial charge in [0.25, 0.3) is 0 Å². The van der Waals surface area contributed by atoms with E-state index in [4.69, 9.17) is 10.5 Å². The number of morpholine rings is 1. The quantitative estimate of drug-likeness (QED) is 0.666. The van der Waals surface area contributed by atoms with Gasteiger partial charge in [0.1, 0.15) is 0 Å². The summed E-state index contributed by atoms with van der Waals surface area (Å²) in [6.45, 7) is 4.33. The van der Waals surface area contributed by atoms with Crippen LogP contribution in [0, 0.1) is 5.92 Å². The highest BCUT2D eigenvalue weighted by Gasteiger charge is 2.34. The van der Waals surface area contributed by atoms with Gasteiger partial charge in [0.05, 0.1) is 25.2 Å². The van der Waals surface area contributed by atoms with Crippen molar-refractivity contribution in [3.05, 3.63) is 0 Å². The molecule has 2 saturated heterocycles. The van der Waals surface area contributed by atoms with Crippen molar-refractivity contribution in [3.63, 3.8) is 0 Å². The summed E-state index contributed by atoms with van der Waals surface area (Å²) in [5.74, 6) is 0.431. The highest BCUT2D eigenvalue weighted by molar-refractivity contribution is 5.79. The first-order valence-electron chi connectivity index (χ1n) is 5.99. The van der Waals surface area contributed by atoms with Crippen molar-refractivity contribution in [2.45, 2.75) is 12.5 Å². The first-order chi connectivity index (χ1) is 7.72. The second-order valence-corrected chi connectivity index (χ2v) is 4.74. The molecular weight excluding hydrogens is 206 g/mol. The molecule has 0 aromatic rings. The molecule has 5 nitrogen and oxygen atoms in total. The number of likely N-dealkylation sites (tertiary alicyclic amines) is 1. The molecule has 16 heavy (non-hydrogen) atoms. The maximum Gasteiger partial charge on any atom is 0.227 e. The normalized spacial score (nSPS) is 32.0.